The lowest BCUT2D eigenvalue weighted by atomic mass is 10.1. The lowest BCUT2D eigenvalue weighted by Gasteiger charge is -2.34. The van der Waals surface area contributed by atoms with Gasteiger partial charge in [-0.3, -0.25) is 14.8 Å². The summed E-state index contributed by atoms with van der Waals surface area (Å²) in [7, 11) is 0. The number of hydrogen-bond acceptors (Lipinski definition) is 3. The van der Waals surface area contributed by atoms with E-state index < -0.39 is 0 Å². The Balaban J connectivity index is 1.33. The second kappa shape index (κ2) is 8.42. The third-order valence-corrected chi connectivity index (χ3v) is 5.05. The maximum atomic E-state index is 13.3. The minimum absolute atomic E-state index is 0.154. The van der Waals surface area contributed by atoms with Crippen LogP contribution in [0.5, 0.6) is 0 Å². The minimum Gasteiger partial charge on any atom is -0.297 e. The molecule has 0 bridgehead atoms. The van der Waals surface area contributed by atoms with Gasteiger partial charge < -0.3 is 0 Å². The van der Waals surface area contributed by atoms with Crippen LogP contribution in [0.15, 0.2) is 72.9 Å². The van der Waals surface area contributed by atoms with Gasteiger partial charge in [-0.15, -0.1) is 0 Å². The van der Waals surface area contributed by atoms with Crippen molar-refractivity contribution >= 4 is 0 Å². The number of hydrogen-bond donors (Lipinski definition) is 0. The van der Waals surface area contributed by atoms with Gasteiger partial charge in [0.15, 0.2) is 0 Å². The predicted molar refractivity (Wildman–Crippen MR) is 107 cm³/mol. The molecule has 2 aromatic carbocycles. The smallest absolute Gasteiger partial charge is 0.123 e. The normalized spacial score (nSPS) is 15.7. The quantitative estimate of drug-likeness (QED) is 0.679. The standard InChI is InChI=1S/C23H24FN3/c24-22-8-4-6-20(16-22)18-27-13-11-26(12-14-27)17-19-5-3-7-21(15-19)23-9-1-2-10-25-23/h1-10,15-16H,11-14,17-18H2. The predicted octanol–water partition coefficient (Wildman–Crippen LogP) is 4.21. The fraction of sp³-hybridized carbons (Fsp3) is 0.261. The van der Waals surface area contributed by atoms with Crippen LogP contribution in [0.2, 0.25) is 0 Å². The second-order valence-corrected chi connectivity index (χ2v) is 7.10. The van der Waals surface area contributed by atoms with E-state index in [1.165, 1.54) is 11.6 Å². The lowest BCUT2D eigenvalue weighted by molar-refractivity contribution is 0.122. The summed E-state index contributed by atoms with van der Waals surface area (Å²) in [5, 5.41) is 0. The highest BCUT2D eigenvalue weighted by atomic mass is 19.1. The molecule has 27 heavy (non-hydrogen) atoms. The van der Waals surface area contributed by atoms with Gasteiger partial charge in [-0.1, -0.05) is 36.4 Å². The molecule has 3 nitrogen and oxygen atoms in total. The van der Waals surface area contributed by atoms with Crippen LogP contribution in [0.3, 0.4) is 0 Å². The molecule has 2 heterocycles. The van der Waals surface area contributed by atoms with Gasteiger partial charge in [0.25, 0.3) is 0 Å². The van der Waals surface area contributed by atoms with Crippen LogP contribution >= 0.6 is 0 Å². The van der Waals surface area contributed by atoms with E-state index in [1.54, 1.807) is 12.1 Å². The zero-order valence-corrected chi connectivity index (χ0v) is 15.4. The van der Waals surface area contributed by atoms with Crippen molar-refractivity contribution in [2.24, 2.45) is 0 Å². The Labute approximate surface area is 160 Å². The molecule has 1 aromatic heterocycles. The van der Waals surface area contributed by atoms with Gasteiger partial charge in [0.1, 0.15) is 5.82 Å². The van der Waals surface area contributed by atoms with Crippen molar-refractivity contribution in [3.63, 3.8) is 0 Å². The van der Waals surface area contributed by atoms with E-state index in [9.17, 15) is 4.39 Å². The average molecular weight is 361 g/mol. The number of pyridine rings is 1. The third kappa shape index (κ3) is 4.79. The third-order valence-electron chi connectivity index (χ3n) is 5.05. The van der Waals surface area contributed by atoms with E-state index in [-0.39, 0.29) is 5.82 Å². The van der Waals surface area contributed by atoms with Crippen molar-refractivity contribution < 1.29 is 4.39 Å². The highest BCUT2D eigenvalue weighted by Gasteiger charge is 2.17. The molecule has 1 fully saturated rings. The molecule has 1 saturated heterocycles. The molecule has 0 aliphatic carbocycles. The molecule has 1 aliphatic rings. The van der Waals surface area contributed by atoms with Gasteiger partial charge in [-0.25, -0.2) is 4.39 Å². The first-order valence-corrected chi connectivity index (χ1v) is 9.46. The molecule has 138 valence electrons. The van der Waals surface area contributed by atoms with Crippen LogP contribution in [0.1, 0.15) is 11.1 Å². The van der Waals surface area contributed by atoms with Crippen LogP contribution in [-0.2, 0) is 13.1 Å². The summed E-state index contributed by atoms with van der Waals surface area (Å²) in [6.45, 7) is 5.86. The first-order valence-electron chi connectivity index (χ1n) is 9.46. The molecule has 0 unspecified atom stereocenters. The fourth-order valence-corrected chi connectivity index (χ4v) is 3.62. The molecule has 4 heteroatoms. The Morgan fingerprint density at radius 2 is 1.41 bits per heavy atom. The Kier molecular flexibility index (Phi) is 5.56. The first kappa shape index (κ1) is 17.8. The molecule has 0 saturated carbocycles. The number of rotatable bonds is 5. The molecule has 0 atom stereocenters. The van der Waals surface area contributed by atoms with Crippen LogP contribution in [0.4, 0.5) is 4.39 Å². The molecule has 4 rings (SSSR count). The maximum absolute atomic E-state index is 13.3. The Bertz CT molecular complexity index is 874. The number of aromatic nitrogens is 1. The average Bonchev–Trinajstić information content (AvgIpc) is 2.70. The Hall–Kier alpha value is -2.56. The Morgan fingerprint density at radius 3 is 2.04 bits per heavy atom. The van der Waals surface area contributed by atoms with Gasteiger partial charge in [0, 0.05) is 51.0 Å². The van der Waals surface area contributed by atoms with E-state index >= 15 is 0 Å². The largest absolute Gasteiger partial charge is 0.297 e. The molecule has 0 spiro atoms. The van der Waals surface area contributed by atoms with Crippen LogP contribution in [0.25, 0.3) is 11.3 Å². The summed E-state index contributed by atoms with van der Waals surface area (Å²) in [5.41, 5.74) is 4.54. The molecule has 1 aliphatic heterocycles. The minimum atomic E-state index is -0.154. The molecule has 0 N–H and O–H groups in total. The van der Waals surface area contributed by atoms with Crippen LogP contribution < -0.4 is 0 Å². The van der Waals surface area contributed by atoms with E-state index in [0.29, 0.717) is 0 Å². The number of piperazine rings is 1. The lowest BCUT2D eigenvalue weighted by Crippen LogP contribution is -2.45. The van der Waals surface area contributed by atoms with Gasteiger partial charge in [0.05, 0.1) is 5.69 Å². The van der Waals surface area contributed by atoms with E-state index in [1.807, 2.05) is 30.5 Å². The zero-order chi connectivity index (χ0) is 18.5. The summed E-state index contributed by atoms with van der Waals surface area (Å²) in [6, 6.07) is 21.6. The second-order valence-electron chi connectivity index (χ2n) is 7.10. The molecule has 0 radical (unpaired) electrons. The number of nitrogens with zero attached hydrogens (tertiary/aromatic N) is 3. The maximum Gasteiger partial charge on any atom is 0.123 e. The van der Waals surface area contributed by atoms with Crippen molar-refractivity contribution in [3.8, 4) is 11.3 Å². The number of benzene rings is 2. The summed E-state index contributed by atoms with van der Waals surface area (Å²) in [4.78, 5) is 9.33. The fourth-order valence-electron chi connectivity index (χ4n) is 3.62. The molecular formula is C23H24FN3. The van der Waals surface area contributed by atoms with Gasteiger partial charge in [-0.2, -0.15) is 0 Å². The van der Waals surface area contributed by atoms with Gasteiger partial charge in [-0.05, 0) is 41.5 Å². The first-order chi connectivity index (χ1) is 13.3. The van der Waals surface area contributed by atoms with Gasteiger partial charge >= 0.3 is 0 Å². The SMILES string of the molecule is Fc1cccc(CN2CCN(Cc3cccc(-c4ccccn4)c3)CC2)c1. The topological polar surface area (TPSA) is 19.4 Å². The van der Waals surface area contributed by atoms with E-state index in [4.69, 9.17) is 0 Å². The summed E-state index contributed by atoms with van der Waals surface area (Å²) < 4.78 is 13.3. The van der Waals surface area contributed by atoms with Crippen molar-refractivity contribution in [2.45, 2.75) is 13.1 Å². The number of halogens is 1. The summed E-state index contributed by atoms with van der Waals surface area (Å²) >= 11 is 0. The van der Waals surface area contributed by atoms with Crippen molar-refractivity contribution in [3.05, 3.63) is 89.9 Å². The highest BCUT2D eigenvalue weighted by molar-refractivity contribution is 5.59. The van der Waals surface area contributed by atoms with Crippen LogP contribution in [-0.4, -0.2) is 41.0 Å². The molecular weight excluding hydrogens is 337 g/mol. The molecule has 3 aromatic rings. The van der Waals surface area contributed by atoms with E-state index in [0.717, 1.165) is 56.1 Å². The summed E-state index contributed by atoms with van der Waals surface area (Å²) in [5.74, 6) is -0.154. The monoisotopic (exact) mass is 361 g/mol. The molecule has 0 amide bonds. The Morgan fingerprint density at radius 1 is 0.741 bits per heavy atom. The highest BCUT2D eigenvalue weighted by Crippen LogP contribution is 2.19. The van der Waals surface area contributed by atoms with Crippen molar-refractivity contribution in [2.75, 3.05) is 26.2 Å². The van der Waals surface area contributed by atoms with E-state index in [2.05, 4.69) is 39.0 Å². The van der Waals surface area contributed by atoms with Gasteiger partial charge in [0.2, 0.25) is 0 Å². The zero-order valence-electron chi connectivity index (χ0n) is 15.4. The van der Waals surface area contributed by atoms with Crippen molar-refractivity contribution in [1.29, 1.82) is 0 Å². The summed E-state index contributed by atoms with van der Waals surface area (Å²) in [6.07, 6.45) is 1.83. The van der Waals surface area contributed by atoms with Crippen LogP contribution in [0, 0.1) is 5.82 Å². The van der Waals surface area contributed by atoms with Crippen molar-refractivity contribution in [1.82, 2.24) is 14.8 Å².